The van der Waals surface area contributed by atoms with E-state index in [-0.39, 0.29) is 5.91 Å². The fourth-order valence-electron chi connectivity index (χ4n) is 1.76. The number of hydrogen-bond acceptors (Lipinski definition) is 3. The summed E-state index contributed by atoms with van der Waals surface area (Å²) in [6.45, 7) is 0.496. The molecular weight excluding hydrogens is 250 g/mol. The van der Waals surface area contributed by atoms with Crippen molar-refractivity contribution in [3.8, 4) is 0 Å². The van der Waals surface area contributed by atoms with Crippen LogP contribution in [0.4, 0.5) is 11.4 Å². The number of nitrogens with two attached hydrogens (primary N) is 2. The Morgan fingerprint density at radius 1 is 1.10 bits per heavy atom. The fourth-order valence-corrected chi connectivity index (χ4v) is 1.76. The van der Waals surface area contributed by atoms with Gasteiger partial charge in [0, 0.05) is 12.1 Å². The van der Waals surface area contributed by atoms with E-state index in [1.807, 2.05) is 36.4 Å². The third kappa shape index (κ3) is 3.46. The molecule has 0 saturated carbocycles. The van der Waals surface area contributed by atoms with Gasteiger partial charge in [-0.15, -0.1) is 0 Å². The van der Waals surface area contributed by atoms with Crippen molar-refractivity contribution in [2.45, 2.75) is 0 Å². The summed E-state index contributed by atoms with van der Waals surface area (Å²) in [5, 5.41) is 2.79. The van der Waals surface area contributed by atoms with Crippen LogP contribution in [-0.4, -0.2) is 12.5 Å². The number of nitrogen functional groups attached to an aromatic ring is 1. The van der Waals surface area contributed by atoms with E-state index in [9.17, 15) is 4.79 Å². The Bertz CT molecular complexity index is 618. The molecule has 20 heavy (non-hydrogen) atoms. The number of amides is 1. The minimum absolute atomic E-state index is 0.183. The lowest BCUT2D eigenvalue weighted by Gasteiger charge is -2.07. The van der Waals surface area contributed by atoms with Crippen LogP contribution in [0, 0.1) is 0 Å². The van der Waals surface area contributed by atoms with Gasteiger partial charge in [0.1, 0.15) is 0 Å². The zero-order chi connectivity index (χ0) is 14.4. The fraction of sp³-hybridized carbons (Fsp3) is 0.0625. The van der Waals surface area contributed by atoms with Gasteiger partial charge in [0.15, 0.2) is 0 Å². The predicted molar refractivity (Wildman–Crippen MR) is 83.3 cm³/mol. The number of carbonyl (C=O) groups excluding carboxylic acids is 1. The standard InChI is InChI=1S/C16H17N3O/c17-11-3-4-12-7-9-13(10-8-12)16(20)19-15-6-2-1-5-14(15)18/h1-10H,11,17-18H2,(H,19,20). The van der Waals surface area contributed by atoms with Crippen LogP contribution in [0.15, 0.2) is 54.6 Å². The Labute approximate surface area is 118 Å². The Hall–Kier alpha value is -2.59. The molecule has 0 aliphatic rings. The largest absolute Gasteiger partial charge is 0.397 e. The van der Waals surface area contributed by atoms with E-state index in [4.69, 9.17) is 11.5 Å². The van der Waals surface area contributed by atoms with Crippen LogP contribution in [0.25, 0.3) is 6.08 Å². The monoisotopic (exact) mass is 267 g/mol. The molecule has 0 unspecified atom stereocenters. The summed E-state index contributed by atoms with van der Waals surface area (Å²) in [7, 11) is 0. The van der Waals surface area contributed by atoms with Crippen LogP contribution in [-0.2, 0) is 0 Å². The summed E-state index contributed by atoms with van der Waals surface area (Å²) in [5.74, 6) is -0.183. The molecule has 1 amide bonds. The zero-order valence-corrected chi connectivity index (χ0v) is 11.0. The first kappa shape index (κ1) is 13.8. The molecule has 0 atom stereocenters. The highest BCUT2D eigenvalue weighted by Crippen LogP contribution is 2.18. The molecule has 0 radical (unpaired) electrons. The normalized spacial score (nSPS) is 10.7. The SMILES string of the molecule is NCC=Cc1ccc(C(=O)Nc2ccccc2N)cc1. The molecule has 5 N–H and O–H groups in total. The molecule has 0 bridgehead atoms. The molecule has 0 aliphatic heterocycles. The van der Waals surface area contributed by atoms with Crippen molar-refractivity contribution in [1.29, 1.82) is 0 Å². The van der Waals surface area contributed by atoms with E-state index in [0.29, 0.717) is 23.5 Å². The summed E-state index contributed by atoms with van der Waals surface area (Å²) >= 11 is 0. The van der Waals surface area contributed by atoms with Crippen LogP contribution in [0.1, 0.15) is 15.9 Å². The lowest BCUT2D eigenvalue weighted by Crippen LogP contribution is -2.12. The highest BCUT2D eigenvalue weighted by Gasteiger charge is 2.07. The topological polar surface area (TPSA) is 81.1 Å². The number of benzene rings is 2. The van der Waals surface area contributed by atoms with E-state index in [0.717, 1.165) is 5.56 Å². The van der Waals surface area contributed by atoms with E-state index in [1.165, 1.54) is 0 Å². The van der Waals surface area contributed by atoms with Crippen molar-refractivity contribution in [2.75, 3.05) is 17.6 Å². The third-order valence-corrected chi connectivity index (χ3v) is 2.83. The molecule has 2 aromatic carbocycles. The van der Waals surface area contributed by atoms with Crippen LogP contribution < -0.4 is 16.8 Å². The smallest absolute Gasteiger partial charge is 0.255 e. The second kappa shape index (κ2) is 6.54. The van der Waals surface area contributed by atoms with Crippen molar-refractivity contribution >= 4 is 23.4 Å². The zero-order valence-electron chi connectivity index (χ0n) is 11.0. The Balaban J connectivity index is 2.10. The number of anilines is 2. The maximum absolute atomic E-state index is 12.1. The number of nitrogens with one attached hydrogen (secondary N) is 1. The minimum atomic E-state index is -0.183. The molecule has 2 aromatic rings. The lowest BCUT2D eigenvalue weighted by atomic mass is 10.1. The van der Waals surface area contributed by atoms with E-state index in [1.54, 1.807) is 24.3 Å². The van der Waals surface area contributed by atoms with Crippen molar-refractivity contribution in [3.05, 3.63) is 65.7 Å². The molecule has 0 saturated heterocycles. The second-order valence-corrected chi connectivity index (χ2v) is 4.30. The molecule has 4 heteroatoms. The summed E-state index contributed by atoms with van der Waals surface area (Å²) < 4.78 is 0. The van der Waals surface area contributed by atoms with Gasteiger partial charge in [0.25, 0.3) is 5.91 Å². The third-order valence-electron chi connectivity index (χ3n) is 2.83. The maximum atomic E-state index is 12.1. The summed E-state index contributed by atoms with van der Waals surface area (Å²) in [4.78, 5) is 12.1. The van der Waals surface area contributed by atoms with E-state index in [2.05, 4.69) is 5.32 Å². The van der Waals surface area contributed by atoms with Crippen LogP contribution in [0.2, 0.25) is 0 Å². The van der Waals surface area contributed by atoms with Crippen LogP contribution in [0.5, 0.6) is 0 Å². The van der Waals surface area contributed by atoms with Gasteiger partial charge in [-0.25, -0.2) is 0 Å². The van der Waals surface area contributed by atoms with Gasteiger partial charge < -0.3 is 16.8 Å². The number of para-hydroxylation sites is 2. The van der Waals surface area contributed by atoms with Gasteiger partial charge in [-0.2, -0.15) is 0 Å². The highest BCUT2D eigenvalue weighted by atomic mass is 16.1. The Kier molecular flexibility index (Phi) is 4.52. The molecule has 0 spiro atoms. The minimum Gasteiger partial charge on any atom is -0.397 e. The van der Waals surface area contributed by atoms with Gasteiger partial charge in [0.2, 0.25) is 0 Å². The molecule has 102 valence electrons. The average Bonchev–Trinajstić information content (AvgIpc) is 2.48. The highest BCUT2D eigenvalue weighted by molar-refractivity contribution is 6.05. The van der Waals surface area contributed by atoms with E-state index < -0.39 is 0 Å². The van der Waals surface area contributed by atoms with E-state index >= 15 is 0 Å². The first-order valence-electron chi connectivity index (χ1n) is 6.33. The quantitative estimate of drug-likeness (QED) is 0.744. The molecular formula is C16H17N3O. The lowest BCUT2D eigenvalue weighted by molar-refractivity contribution is 0.102. The van der Waals surface area contributed by atoms with Gasteiger partial charge in [-0.1, -0.05) is 36.4 Å². The van der Waals surface area contributed by atoms with Crippen molar-refractivity contribution in [2.24, 2.45) is 5.73 Å². The van der Waals surface area contributed by atoms with Gasteiger partial charge >= 0.3 is 0 Å². The summed E-state index contributed by atoms with van der Waals surface area (Å²) in [6, 6.07) is 14.4. The maximum Gasteiger partial charge on any atom is 0.255 e. The summed E-state index contributed by atoms with van der Waals surface area (Å²) in [5.41, 5.74) is 13.9. The number of rotatable bonds is 4. The second-order valence-electron chi connectivity index (χ2n) is 4.30. The Morgan fingerprint density at radius 3 is 2.45 bits per heavy atom. The molecule has 0 aromatic heterocycles. The average molecular weight is 267 g/mol. The molecule has 0 fully saturated rings. The Morgan fingerprint density at radius 2 is 1.80 bits per heavy atom. The first-order valence-corrected chi connectivity index (χ1v) is 6.33. The summed E-state index contributed by atoms with van der Waals surface area (Å²) in [6.07, 6.45) is 3.77. The van der Waals surface area contributed by atoms with Crippen LogP contribution >= 0.6 is 0 Å². The van der Waals surface area contributed by atoms with Crippen molar-refractivity contribution in [1.82, 2.24) is 0 Å². The van der Waals surface area contributed by atoms with Gasteiger partial charge in [-0.05, 0) is 29.8 Å². The van der Waals surface area contributed by atoms with Crippen LogP contribution in [0.3, 0.4) is 0 Å². The molecule has 2 rings (SSSR count). The van der Waals surface area contributed by atoms with Crippen molar-refractivity contribution < 1.29 is 4.79 Å². The first-order chi connectivity index (χ1) is 9.70. The number of carbonyl (C=O) groups is 1. The number of hydrogen-bond donors (Lipinski definition) is 3. The molecule has 0 aliphatic carbocycles. The van der Waals surface area contributed by atoms with Crippen molar-refractivity contribution in [3.63, 3.8) is 0 Å². The van der Waals surface area contributed by atoms with Gasteiger partial charge in [0.05, 0.1) is 11.4 Å². The molecule has 4 nitrogen and oxygen atoms in total. The van der Waals surface area contributed by atoms with Gasteiger partial charge in [-0.3, -0.25) is 4.79 Å². The molecule has 0 heterocycles. The predicted octanol–water partition coefficient (Wildman–Crippen LogP) is 2.49.